The minimum Gasteiger partial charge on any atom is -0.370 e. The van der Waals surface area contributed by atoms with E-state index in [1.165, 1.54) is 11.1 Å². The molecule has 1 aromatic heterocycles. The summed E-state index contributed by atoms with van der Waals surface area (Å²) in [4.78, 5) is 4.44. The third-order valence-electron chi connectivity index (χ3n) is 3.47. The first-order valence-electron chi connectivity index (χ1n) is 7.25. The zero-order valence-corrected chi connectivity index (χ0v) is 16.4. The molecule has 2 aromatic rings. The first-order chi connectivity index (χ1) is 10.1. The minimum atomic E-state index is 0. The zero-order valence-electron chi connectivity index (χ0n) is 13.2. The van der Waals surface area contributed by atoms with Crippen LogP contribution in [0.3, 0.4) is 0 Å². The summed E-state index contributed by atoms with van der Waals surface area (Å²) in [6.07, 6.45) is 0. The van der Waals surface area contributed by atoms with E-state index in [1.807, 2.05) is 12.1 Å². The van der Waals surface area contributed by atoms with Crippen molar-refractivity contribution in [3.8, 4) is 0 Å². The number of rotatable bonds is 5. The summed E-state index contributed by atoms with van der Waals surface area (Å²) in [6.45, 7) is 7.22. The second-order valence-corrected chi connectivity index (χ2v) is 6.37. The van der Waals surface area contributed by atoms with E-state index < -0.39 is 0 Å². The van der Waals surface area contributed by atoms with Gasteiger partial charge < -0.3 is 11.1 Å². The number of nitrogens with two attached hydrogens (primary N) is 1. The topological polar surface area (TPSA) is 50.4 Å². The Bertz CT molecular complexity index is 594. The summed E-state index contributed by atoms with van der Waals surface area (Å²) in [5.74, 6) is 1.36. The van der Waals surface area contributed by atoms with Gasteiger partial charge in [0.15, 0.2) is 5.96 Å². The lowest BCUT2D eigenvalue weighted by atomic mass is 10.0. The average Bonchev–Trinajstić information content (AvgIpc) is 2.99. The molecule has 5 heteroatoms. The molecule has 2 rings (SSSR count). The summed E-state index contributed by atoms with van der Waals surface area (Å²) in [6, 6.07) is 10.4. The Morgan fingerprint density at radius 1 is 1.23 bits per heavy atom. The number of nitrogens with zero attached hydrogens (tertiary/aromatic N) is 1. The minimum absolute atomic E-state index is 0. The van der Waals surface area contributed by atoms with Crippen LogP contribution in [-0.4, -0.2) is 12.5 Å². The molecule has 3 nitrogen and oxygen atoms in total. The number of benzene rings is 1. The SMILES string of the molecule is CC(C)c1cccc(NC(N)=NCC(C)c2ccsc2)c1.I. The summed E-state index contributed by atoms with van der Waals surface area (Å²) in [7, 11) is 0. The molecule has 3 N–H and O–H groups in total. The molecular formula is C17H24IN3S. The molecule has 1 atom stereocenters. The third-order valence-corrected chi connectivity index (χ3v) is 4.17. The summed E-state index contributed by atoms with van der Waals surface area (Å²) < 4.78 is 0. The fourth-order valence-corrected chi connectivity index (χ4v) is 2.84. The molecule has 0 saturated heterocycles. The van der Waals surface area contributed by atoms with Gasteiger partial charge in [0.2, 0.25) is 0 Å². The van der Waals surface area contributed by atoms with Crippen LogP contribution in [-0.2, 0) is 0 Å². The maximum atomic E-state index is 5.98. The van der Waals surface area contributed by atoms with Gasteiger partial charge in [-0.25, -0.2) is 0 Å². The predicted octanol–water partition coefficient (Wildman–Crippen LogP) is 5.02. The molecule has 0 aliphatic rings. The van der Waals surface area contributed by atoms with Crippen LogP contribution in [0.15, 0.2) is 46.1 Å². The zero-order chi connectivity index (χ0) is 15.2. The van der Waals surface area contributed by atoms with E-state index in [1.54, 1.807) is 11.3 Å². The van der Waals surface area contributed by atoms with Crippen LogP contribution in [0.5, 0.6) is 0 Å². The van der Waals surface area contributed by atoms with Crippen molar-refractivity contribution in [2.45, 2.75) is 32.6 Å². The van der Waals surface area contributed by atoms with E-state index in [0.29, 0.717) is 24.3 Å². The van der Waals surface area contributed by atoms with Crippen LogP contribution < -0.4 is 11.1 Å². The fourth-order valence-electron chi connectivity index (χ4n) is 2.06. The third kappa shape index (κ3) is 5.61. The molecular weight excluding hydrogens is 405 g/mol. The summed E-state index contributed by atoms with van der Waals surface area (Å²) >= 11 is 1.71. The molecule has 22 heavy (non-hydrogen) atoms. The molecule has 120 valence electrons. The lowest BCUT2D eigenvalue weighted by molar-refractivity contribution is 0.778. The van der Waals surface area contributed by atoms with Gasteiger partial charge in [-0.1, -0.05) is 32.9 Å². The Labute approximate surface area is 154 Å². The van der Waals surface area contributed by atoms with Gasteiger partial charge in [-0.3, -0.25) is 4.99 Å². The average molecular weight is 429 g/mol. The molecule has 0 saturated carbocycles. The van der Waals surface area contributed by atoms with Crippen molar-refractivity contribution < 1.29 is 0 Å². The maximum Gasteiger partial charge on any atom is 0.193 e. The highest BCUT2D eigenvalue weighted by Gasteiger charge is 2.05. The fraction of sp³-hybridized carbons (Fsp3) is 0.353. The molecule has 0 fully saturated rings. The van der Waals surface area contributed by atoms with Crippen molar-refractivity contribution in [1.82, 2.24) is 0 Å². The molecule has 0 amide bonds. The summed E-state index contributed by atoms with van der Waals surface area (Å²) in [5, 5.41) is 7.42. The van der Waals surface area contributed by atoms with Gasteiger partial charge in [-0.15, -0.1) is 24.0 Å². The van der Waals surface area contributed by atoms with Crippen LogP contribution in [0.4, 0.5) is 5.69 Å². The van der Waals surface area contributed by atoms with Gasteiger partial charge in [0.05, 0.1) is 0 Å². The van der Waals surface area contributed by atoms with E-state index in [4.69, 9.17) is 5.73 Å². The number of anilines is 1. The Hall–Kier alpha value is -1.08. The lowest BCUT2D eigenvalue weighted by Gasteiger charge is -2.11. The van der Waals surface area contributed by atoms with Gasteiger partial charge in [-0.2, -0.15) is 11.3 Å². The molecule has 0 bridgehead atoms. The molecule has 1 heterocycles. The molecule has 0 spiro atoms. The van der Waals surface area contributed by atoms with Crippen molar-refractivity contribution in [3.05, 3.63) is 52.2 Å². The maximum absolute atomic E-state index is 5.98. The van der Waals surface area contributed by atoms with Crippen molar-refractivity contribution in [2.24, 2.45) is 10.7 Å². The normalized spacial score (nSPS) is 12.8. The molecule has 0 aliphatic heterocycles. The number of halogens is 1. The van der Waals surface area contributed by atoms with Gasteiger partial charge in [0, 0.05) is 18.2 Å². The Morgan fingerprint density at radius 2 is 2.00 bits per heavy atom. The van der Waals surface area contributed by atoms with Gasteiger partial charge in [-0.05, 0) is 46.0 Å². The first kappa shape index (κ1) is 19.0. The number of hydrogen-bond acceptors (Lipinski definition) is 2. The molecule has 1 unspecified atom stereocenters. The predicted molar refractivity (Wildman–Crippen MR) is 109 cm³/mol. The molecule has 0 radical (unpaired) electrons. The summed E-state index contributed by atoms with van der Waals surface area (Å²) in [5.41, 5.74) is 9.58. The Kier molecular flexibility index (Phi) is 7.89. The van der Waals surface area contributed by atoms with E-state index in [0.717, 1.165) is 5.69 Å². The molecule has 1 aromatic carbocycles. The van der Waals surface area contributed by atoms with Crippen LogP contribution in [0.2, 0.25) is 0 Å². The smallest absolute Gasteiger partial charge is 0.193 e. The lowest BCUT2D eigenvalue weighted by Crippen LogP contribution is -2.23. The van der Waals surface area contributed by atoms with Crippen molar-refractivity contribution in [1.29, 1.82) is 0 Å². The highest BCUT2D eigenvalue weighted by molar-refractivity contribution is 14.0. The number of hydrogen-bond donors (Lipinski definition) is 2. The first-order valence-corrected chi connectivity index (χ1v) is 8.19. The highest BCUT2D eigenvalue weighted by Crippen LogP contribution is 2.19. The monoisotopic (exact) mass is 429 g/mol. The van der Waals surface area contributed by atoms with Crippen LogP contribution in [0, 0.1) is 0 Å². The largest absolute Gasteiger partial charge is 0.370 e. The van der Waals surface area contributed by atoms with Crippen LogP contribution in [0.1, 0.15) is 43.7 Å². The molecule has 0 aliphatic carbocycles. The number of guanidine groups is 1. The van der Waals surface area contributed by atoms with Gasteiger partial charge in [0.25, 0.3) is 0 Å². The van der Waals surface area contributed by atoms with Crippen LogP contribution in [0.25, 0.3) is 0 Å². The number of nitrogens with one attached hydrogen (secondary N) is 1. The highest BCUT2D eigenvalue weighted by atomic mass is 127. The van der Waals surface area contributed by atoms with E-state index >= 15 is 0 Å². The quantitative estimate of drug-likeness (QED) is 0.399. The standard InChI is InChI=1S/C17H23N3S.HI/c1-12(2)14-5-4-6-16(9-14)20-17(18)19-10-13(3)15-7-8-21-11-15;/h4-9,11-13H,10H2,1-3H3,(H3,18,19,20);1H. The van der Waals surface area contributed by atoms with Gasteiger partial charge in [0.1, 0.15) is 0 Å². The van der Waals surface area contributed by atoms with Crippen molar-refractivity contribution >= 4 is 47.0 Å². The Morgan fingerprint density at radius 3 is 2.64 bits per heavy atom. The Balaban J connectivity index is 0.00000242. The van der Waals surface area contributed by atoms with E-state index in [2.05, 4.69) is 60.0 Å². The van der Waals surface area contributed by atoms with Crippen molar-refractivity contribution in [2.75, 3.05) is 11.9 Å². The van der Waals surface area contributed by atoms with Crippen molar-refractivity contribution in [3.63, 3.8) is 0 Å². The number of aliphatic imine (C=N–C) groups is 1. The number of thiophene rings is 1. The second-order valence-electron chi connectivity index (χ2n) is 5.59. The van der Waals surface area contributed by atoms with E-state index in [-0.39, 0.29) is 24.0 Å². The second kappa shape index (κ2) is 9.15. The van der Waals surface area contributed by atoms with Gasteiger partial charge >= 0.3 is 0 Å². The van der Waals surface area contributed by atoms with Crippen LogP contribution >= 0.6 is 35.3 Å². The van der Waals surface area contributed by atoms with E-state index in [9.17, 15) is 0 Å².